The van der Waals surface area contributed by atoms with Crippen LogP contribution in [-0.4, -0.2) is 44.0 Å². The predicted molar refractivity (Wildman–Crippen MR) is 53.7 cm³/mol. The van der Waals surface area contributed by atoms with E-state index >= 15 is 0 Å². The average molecular weight is 207 g/mol. The summed E-state index contributed by atoms with van der Waals surface area (Å²) >= 11 is 0. The molecule has 15 heavy (non-hydrogen) atoms. The van der Waals surface area contributed by atoms with Gasteiger partial charge in [0.15, 0.2) is 6.23 Å². The van der Waals surface area contributed by atoms with E-state index in [0.717, 1.165) is 25.2 Å². The number of aromatic nitrogens is 3. The fourth-order valence-electron chi connectivity index (χ4n) is 2.44. The number of aliphatic hydroxyl groups is 1. The van der Waals surface area contributed by atoms with E-state index in [1.54, 1.807) is 4.90 Å². The molecule has 2 aliphatic heterocycles. The van der Waals surface area contributed by atoms with E-state index in [4.69, 9.17) is 0 Å². The third-order valence-electron chi connectivity index (χ3n) is 3.14. The largest absolute Gasteiger partial charge is 0.371 e. The lowest BCUT2D eigenvalue weighted by atomic mass is 10.2. The summed E-state index contributed by atoms with van der Waals surface area (Å²) in [4.78, 5) is 7.85. The van der Waals surface area contributed by atoms with Crippen molar-refractivity contribution in [3.8, 4) is 0 Å². The number of fused-ring (bicyclic) bond motifs is 1. The first-order valence-electron chi connectivity index (χ1n) is 5.07. The molecule has 6 heteroatoms. The molecule has 2 N–H and O–H groups in total. The Hall–Kier alpha value is -1.56. The molecule has 80 valence electrons. The number of H-pyrrole nitrogens is 1. The van der Waals surface area contributed by atoms with Crippen LogP contribution in [0.4, 0.5) is 5.95 Å². The highest BCUT2D eigenvalue weighted by Crippen LogP contribution is 2.36. The highest BCUT2D eigenvalue weighted by molar-refractivity contribution is 5.42. The highest BCUT2D eigenvalue weighted by atomic mass is 16.3. The molecule has 2 atom stereocenters. The molecule has 2 saturated heterocycles. The zero-order valence-electron chi connectivity index (χ0n) is 8.30. The summed E-state index contributed by atoms with van der Waals surface area (Å²) in [5.41, 5.74) is 0. The first-order valence-corrected chi connectivity index (χ1v) is 5.07. The van der Waals surface area contributed by atoms with Crippen LogP contribution in [-0.2, 0) is 0 Å². The van der Waals surface area contributed by atoms with Gasteiger partial charge in [-0.05, 0) is 12.8 Å². The summed E-state index contributed by atoms with van der Waals surface area (Å²) in [6.07, 6.45) is 3.04. The summed E-state index contributed by atoms with van der Waals surface area (Å²) in [6.45, 7) is 4.94. The minimum absolute atomic E-state index is 0.149. The molecule has 3 rings (SSSR count). The highest BCUT2D eigenvalue weighted by Gasteiger charge is 2.45. The van der Waals surface area contributed by atoms with Gasteiger partial charge in [-0.3, -0.25) is 10.00 Å². The van der Waals surface area contributed by atoms with Gasteiger partial charge in [-0.25, -0.2) is 4.98 Å². The monoisotopic (exact) mass is 207 g/mol. The van der Waals surface area contributed by atoms with Gasteiger partial charge in [-0.1, -0.05) is 6.58 Å². The third-order valence-corrected chi connectivity index (χ3v) is 3.14. The van der Waals surface area contributed by atoms with Crippen LogP contribution in [0.15, 0.2) is 18.7 Å². The molecule has 0 spiro atoms. The lowest BCUT2D eigenvalue weighted by Crippen LogP contribution is -2.35. The molecule has 0 aromatic carbocycles. The molecule has 0 radical (unpaired) electrons. The number of nitrogens with zero attached hydrogens (tertiary/aromatic N) is 4. The Morgan fingerprint density at radius 2 is 2.47 bits per heavy atom. The fraction of sp³-hybridized carbons (Fsp3) is 0.556. The van der Waals surface area contributed by atoms with E-state index in [9.17, 15) is 5.11 Å². The molecule has 0 amide bonds. The van der Waals surface area contributed by atoms with Crippen LogP contribution in [0.2, 0.25) is 0 Å². The topological polar surface area (TPSA) is 68.3 Å². The Kier molecular flexibility index (Phi) is 1.72. The normalized spacial score (nSPS) is 30.1. The molecule has 0 aliphatic carbocycles. The maximum absolute atomic E-state index is 10.1. The van der Waals surface area contributed by atoms with Gasteiger partial charge < -0.3 is 10.0 Å². The third kappa shape index (κ3) is 1.08. The van der Waals surface area contributed by atoms with Crippen molar-refractivity contribution in [3.05, 3.63) is 18.7 Å². The van der Waals surface area contributed by atoms with Crippen LogP contribution in [0.5, 0.6) is 0 Å². The van der Waals surface area contributed by atoms with Gasteiger partial charge in [-0.2, -0.15) is 0 Å². The zero-order chi connectivity index (χ0) is 10.4. The summed E-state index contributed by atoms with van der Waals surface area (Å²) in [5, 5.41) is 16.7. The number of aliphatic hydroxyl groups excluding tert-OH is 1. The van der Waals surface area contributed by atoms with E-state index in [1.807, 2.05) is 0 Å². The second kappa shape index (κ2) is 2.96. The number of hydrogen-bond donors (Lipinski definition) is 2. The second-order valence-corrected chi connectivity index (χ2v) is 3.90. The second-order valence-electron chi connectivity index (χ2n) is 3.90. The van der Waals surface area contributed by atoms with Crippen molar-refractivity contribution in [2.24, 2.45) is 0 Å². The van der Waals surface area contributed by atoms with Gasteiger partial charge in [0.25, 0.3) is 5.95 Å². The molecule has 2 aliphatic rings. The van der Waals surface area contributed by atoms with Gasteiger partial charge in [0.05, 0.1) is 6.04 Å². The number of hydrogen-bond acceptors (Lipinski definition) is 5. The van der Waals surface area contributed by atoms with Gasteiger partial charge in [0.2, 0.25) is 0 Å². The van der Waals surface area contributed by atoms with E-state index in [0.29, 0.717) is 5.95 Å². The standard InChI is InChI=1S/C9H13N5O/c1-6-13-4-2-3-7(13)8(15)14(6)9-10-5-11-12-9/h5,7-8,15H,1-4H2,(H,10,11,12). The quantitative estimate of drug-likeness (QED) is 0.672. The molecule has 1 aromatic rings. The summed E-state index contributed by atoms with van der Waals surface area (Å²) < 4.78 is 0. The van der Waals surface area contributed by atoms with Crippen LogP contribution in [0.1, 0.15) is 12.8 Å². The van der Waals surface area contributed by atoms with Crippen molar-refractivity contribution in [3.63, 3.8) is 0 Å². The van der Waals surface area contributed by atoms with Gasteiger partial charge in [0.1, 0.15) is 12.1 Å². The minimum Gasteiger partial charge on any atom is -0.371 e. The molecular weight excluding hydrogens is 194 g/mol. The zero-order valence-corrected chi connectivity index (χ0v) is 8.30. The number of aromatic amines is 1. The van der Waals surface area contributed by atoms with E-state index in [-0.39, 0.29) is 6.04 Å². The SMILES string of the molecule is C=C1N2CCCC2C(O)N1c1nc[nH]n1. The first-order chi connectivity index (χ1) is 7.29. The molecule has 0 saturated carbocycles. The summed E-state index contributed by atoms with van der Waals surface area (Å²) in [7, 11) is 0. The molecule has 2 unspecified atom stereocenters. The van der Waals surface area contributed by atoms with Crippen molar-refractivity contribution in [2.45, 2.75) is 25.1 Å². The van der Waals surface area contributed by atoms with Crippen molar-refractivity contribution >= 4 is 5.95 Å². The molecule has 2 fully saturated rings. The fourth-order valence-corrected chi connectivity index (χ4v) is 2.44. The maximum atomic E-state index is 10.1. The maximum Gasteiger partial charge on any atom is 0.252 e. The lowest BCUT2D eigenvalue weighted by Gasteiger charge is -2.20. The summed E-state index contributed by atoms with van der Waals surface area (Å²) in [6, 6.07) is 0.149. The van der Waals surface area contributed by atoms with Gasteiger partial charge in [-0.15, -0.1) is 5.10 Å². The Bertz CT molecular complexity index is 376. The van der Waals surface area contributed by atoms with Gasteiger partial charge >= 0.3 is 0 Å². The number of anilines is 1. The molecule has 6 nitrogen and oxygen atoms in total. The molecule has 0 bridgehead atoms. The van der Waals surface area contributed by atoms with Crippen LogP contribution < -0.4 is 4.90 Å². The van der Waals surface area contributed by atoms with Crippen molar-refractivity contribution in [1.82, 2.24) is 20.1 Å². The number of nitrogens with one attached hydrogen (secondary N) is 1. The van der Waals surface area contributed by atoms with Crippen LogP contribution in [0, 0.1) is 0 Å². The molecule has 3 heterocycles. The van der Waals surface area contributed by atoms with Crippen LogP contribution in [0.3, 0.4) is 0 Å². The Labute approximate surface area is 87.2 Å². The van der Waals surface area contributed by atoms with E-state index in [1.165, 1.54) is 6.33 Å². The molecular formula is C9H13N5O. The van der Waals surface area contributed by atoms with Gasteiger partial charge in [0, 0.05) is 6.54 Å². The van der Waals surface area contributed by atoms with E-state index < -0.39 is 6.23 Å². The van der Waals surface area contributed by atoms with Crippen LogP contribution >= 0.6 is 0 Å². The Morgan fingerprint density at radius 3 is 3.13 bits per heavy atom. The predicted octanol–water partition coefficient (Wildman–Crippen LogP) is -0.121. The smallest absolute Gasteiger partial charge is 0.252 e. The summed E-state index contributed by atoms with van der Waals surface area (Å²) in [5.74, 6) is 1.28. The average Bonchev–Trinajstić information content (AvgIpc) is 2.89. The Morgan fingerprint density at radius 1 is 1.60 bits per heavy atom. The lowest BCUT2D eigenvalue weighted by molar-refractivity contribution is 0.137. The van der Waals surface area contributed by atoms with E-state index in [2.05, 4.69) is 26.7 Å². The van der Waals surface area contributed by atoms with Crippen molar-refractivity contribution < 1.29 is 5.11 Å². The number of rotatable bonds is 1. The molecule has 1 aromatic heterocycles. The van der Waals surface area contributed by atoms with Crippen LogP contribution in [0.25, 0.3) is 0 Å². The Balaban J connectivity index is 1.95. The first kappa shape index (κ1) is 8.72. The van der Waals surface area contributed by atoms with Crippen molar-refractivity contribution in [2.75, 3.05) is 11.4 Å². The minimum atomic E-state index is -0.573. The van der Waals surface area contributed by atoms with Crippen molar-refractivity contribution in [1.29, 1.82) is 0 Å².